The zero-order valence-electron chi connectivity index (χ0n) is 11.8. The van der Waals surface area contributed by atoms with Gasteiger partial charge in [-0.2, -0.15) is 9.61 Å². The maximum absolute atomic E-state index is 6.05. The van der Waals surface area contributed by atoms with Gasteiger partial charge in [-0.15, -0.1) is 10.2 Å². The van der Waals surface area contributed by atoms with Crippen LogP contribution in [0.2, 0.25) is 5.15 Å². The monoisotopic (exact) mass is 294 g/mol. The molecule has 0 radical (unpaired) electrons. The van der Waals surface area contributed by atoms with Gasteiger partial charge in [0.2, 0.25) is 5.95 Å². The van der Waals surface area contributed by atoms with E-state index < -0.39 is 0 Å². The largest absolute Gasteiger partial charge is 0.338 e. The van der Waals surface area contributed by atoms with Crippen molar-refractivity contribution in [2.45, 2.75) is 25.8 Å². The van der Waals surface area contributed by atoms with Crippen molar-refractivity contribution in [1.82, 2.24) is 24.7 Å². The molecule has 0 bridgehead atoms. The number of nitrogens with zero attached hydrogens (tertiary/aromatic N) is 6. The molecule has 6 nitrogen and oxygen atoms in total. The van der Waals surface area contributed by atoms with Crippen LogP contribution in [0.15, 0.2) is 12.3 Å². The molecule has 7 heteroatoms. The maximum atomic E-state index is 6.05. The standard InChI is InChI=1S/C13H19ClN6/c1-3-19-8-4-5-10(9-19)18(2)13-17-16-12(14)11-6-7-15-20(11)13/h6-7,10H,3-5,8-9H2,1-2H3. The second-order valence-electron chi connectivity index (χ2n) is 5.22. The third-order valence-corrected chi connectivity index (χ3v) is 4.33. The van der Waals surface area contributed by atoms with Gasteiger partial charge in [0.15, 0.2) is 5.15 Å². The Labute approximate surface area is 123 Å². The molecule has 0 spiro atoms. The van der Waals surface area contributed by atoms with Crippen LogP contribution in [-0.4, -0.2) is 57.4 Å². The maximum Gasteiger partial charge on any atom is 0.247 e. The van der Waals surface area contributed by atoms with Crippen molar-refractivity contribution in [2.75, 3.05) is 31.6 Å². The minimum Gasteiger partial charge on any atom is -0.338 e. The van der Waals surface area contributed by atoms with E-state index in [0.717, 1.165) is 24.6 Å². The molecule has 1 fully saturated rings. The summed E-state index contributed by atoms with van der Waals surface area (Å²) in [6.07, 6.45) is 4.10. The Balaban J connectivity index is 1.90. The Kier molecular flexibility index (Phi) is 3.76. The molecule has 0 amide bonds. The molecule has 3 rings (SSSR count). The number of likely N-dealkylation sites (tertiary alicyclic amines) is 1. The molecule has 2 aromatic rings. The molecule has 0 aromatic carbocycles. The Morgan fingerprint density at radius 3 is 3.10 bits per heavy atom. The van der Waals surface area contributed by atoms with Crippen LogP contribution in [0.25, 0.3) is 5.52 Å². The topological polar surface area (TPSA) is 49.6 Å². The lowest BCUT2D eigenvalue weighted by Gasteiger charge is -2.37. The first-order chi connectivity index (χ1) is 9.70. The lowest BCUT2D eigenvalue weighted by Crippen LogP contribution is -2.47. The highest BCUT2D eigenvalue weighted by Gasteiger charge is 2.25. The average molecular weight is 295 g/mol. The predicted octanol–water partition coefficient (Wildman–Crippen LogP) is 1.70. The lowest BCUT2D eigenvalue weighted by atomic mass is 10.0. The number of piperidine rings is 1. The molecule has 108 valence electrons. The third-order valence-electron chi connectivity index (χ3n) is 4.06. The van der Waals surface area contributed by atoms with E-state index >= 15 is 0 Å². The molecule has 1 atom stereocenters. The molecule has 3 heterocycles. The van der Waals surface area contributed by atoms with Crippen molar-refractivity contribution >= 4 is 23.1 Å². The van der Waals surface area contributed by atoms with Crippen LogP contribution >= 0.6 is 11.6 Å². The van der Waals surface area contributed by atoms with E-state index in [9.17, 15) is 0 Å². The quantitative estimate of drug-likeness (QED) is 0.862. The zero-order chi connectivity index (χ0) is 14.1. The van der Waals surface area contributed by atoms with Crippen LogP contribution in [0.3, 0.4) is 0 Å². The van der Waals surface area contributed by atoms with E-state index in [0.29, 0.717) is 11.2 Å². The molecule has 1 aliphatic rings. The van der Waals surface area contributed by atoms with E-state index in [2.05, 4.69) is 39.1 Å². The van der Waals surface area contributed by atoms with E-state index in [1.807, 2.05) is 6.07 Å². The van der Waals surface area contributed by atoms with Crippen molar-refractivity contribution in [3.63, 3.8) is 0 Å². The summed E-state index contributed by atoms with van der Waals surface area (Å²) in [6, 6.07) is 2.29. The molecule has 20 heavy (non-hydrogen) atoms. The fraction of sp³-hybridized carbons (Fsp3) is 0.615. The first-order valence-electron chi connectivity index (χ1n) is 7.01. The normalized spacial score (nSPS) is 20.4. The minimum atomic E-state index is 0.387. The van der Waals surface area contributed by atoms with Crippen molar-refractivity contribution in [1.29, 1.82) is 0 Å². The number of rotatable bonds is 3. The van der Waals surface area contributed by atoms with Gasteiger partial charge < -0.3 is 9.80 Å². The van der Waals surface area contributed by atoms with Crippen molar-refractivity contribution in [2.24, 2.45) is 0 Å². The van der Waals surface area contributed by atoms with Gasteiger partial charge >= 0.3 is 0 Å². The Bertz CT molecular complexity index is 598. The SMILES string of the molecule is CCN1CCCC(N(C)c2nnc(Cl)c3ccnn23)C1. The van der Waals surface area contributed by atoms with E-state index in [4.69, 9.17) is 11.6 Å². The average Bonchev–Trinajstić information content (AvgIpc) is 2.97. The third kappa shape index (κ3) is 2.33. The summed E-state index contributed by atoms with van der Waals surface area (Å²) in [5, 5.41) is 13.0. The Hall–Kier alpha value is -1.40. The molecular weight excluding hydrogens is 276 g/mol. The van der Waals surface area contributed by atoms with Crippen molar-refractivity contribution < 1.29 is 0 Å². The first-order valence-corrected chi connectivity index (χ1v) is 7.39. The summed E-state index contributed by atoms with van der Waals surface area (Å²) < 4.78 is 1.76. The highest BCUT2D eigenvalue weighted by molar-refractivity contribution is 6.32. The van der Waals surface area contributed by atoms with Gasteiger partial charge in [0.05, 0.1) is 6.20 Å². The smallest absolute Gasteiger partial charge is 0.247 e. The number of likely N-dealkylation sites (N-methyl/N-ethyl adjacent to an activating group) is 2. The predicted molar refractivity (Wildman–Crippen MR) is 79.3 cm³/mol. The number of anilines is 1. The highest BCUT2D eigenvalue weighted by Crippen LogP contribution is 2.22. The number of aromatic nitrogens is 4. The van der Waals surface area contributed by atoms with Gasteiger partial charge in [0.25, 0.3) is 0 Å². The lowest BCUT2D eigenvalue weighted by molar-refractivity contribution is 0.215. The zero-order valence-corrected chi connectivity index (χ0v) is 12.6. The molecule has 2 aromatic heterocycles. The highest BCUT2D eigenvalue weighted by atomic mass is 35.5. The van der Waals surface area contributed by atoms with Gasteiger partial charge in [0, 0.05) is 19.6 Å². The summed E-state index contributed by atoms with van der Waals surface area (Å²) in [7, 11) is 2.06. The van der Waals surface area contributed by atoms with Crippen LogP contribution in [0.5, 0.6) is 0 Å². The minimum absolute atomic E-state index is 0.387. The summed E-state index contributed by atoms with van der Waals surface area (Å²) >= 11 is 6.05. The number of hydrogen-bond acceptors (Lipinski definition) is 5. The Morgan fingerprint density at radius 1 is 1.45 bits per heavy atom. The fourth-order valence-electron chi connectivity index (χ4n) is 2.82. The molecule has 0 saturated carbocycles. The molecule has 1 aliphatic heterocycles. The van der Waals surface area contributed by atoms with E-state index in [1.165, 1.54) is 19.4 Å². The van der Waals surface area contributed by atoms with E-state index in [1.54, 1.807) is 10.7 Å². The number of halogens is 1. The molecule has 1 saturated heterocycles. The van der Waals surface area contributed by atoms with Crippen LogP contribution < -0.4 is 4.90 Å². The van der Waals surface area contributed by atoms with E-state index in [-0.39, 0.29) is 0 Å². The summed E-state index contributed by atoms with van der Waals surface area (Å²) in [5.41, 5.74) is 0.798. The van der Waals surface area contributed by atoms with Crippen LogP contribution in [0, 0.1) is 0 Å². The fourth-order valence-corrected chi connectivity index (χ4v) is 3.00. The molecule has 0 aliphatic carbocycles. The number of hydrogen-bond donors (Lipinski definition) is 0. The molecular formula is C13H19ClN6. The van der Waals surface area contributed by atoms with Crippen LogP contribution in [-0.2, 0) is 0 Å². The van der Waals surface area contributed by atoms with Gasteiger partial charge in [-0.3, -0.25) is 0 Å². The number of fused-ring (bicyclic) bond motifs is 1. The molecule has 0 N–H and O–H groups in total. The van der Waals surface area contributed by atoms with Gasteiger partial charge in [-0.25, -0.2) is 0 Å². The van der Waals surface area contributed by atoms with Gasteiger partial charge in [-0.05, 0) is 32.0 Å². The first kappa shape index (κ1) is 13.6. The summed E-state index contributed by atoms with van der Waals surface area (Å²) in [6.45, 7) is 5.54. The molecule has 1 unspecified atom stereocenters. The summed E-state index contributed by atoms with van der Waals surface area (Å²) in [4.78, 5) is 4.64. The summed E-state index contributed by atoms with van der Waals surface area (Å²) in [5.74, 6) is 0.748. The van der Waals surface area contributed by atoms with Crippen LogP contribution in [0.4, 0.5) is 5.95 Å². The van der Waals surface area contributed by atoms with Gasteiger partial charge in [-0.1, -0.05) is 18.5 Å². The second kappa shape index (κ2) is 5.54. The van der Waals surface area contributed by atoms with Crippen molar-refractivity contribution in [3.8, 4) is 0 Å². The van der Waals surface area contributed by atoms with Crippen LogP contribution in [0.1, 0.15) is 19.8 Å². The second-order valence-corrected chi connectivity index (χ2v) is 5.58. The Morgan fingerprint density at radius 2 is 2.30 bits per heavy atom. The van der Waals surface area contributed by atoms with Gasteiger partial charge in [0.1, 0.15) is 5.52 Å². The van der Waals surface area contributed by atoms with Crippen molar-refractivity contribution in [3.05, 3.63) is 17.4 Å².